The van der Waals surface area contributed by atoms with Gasteiger partial charge >= 0.3 is 0 Å². The second-order valence-corrected chi connectivity index (χ2v) is 27.0. The van der Waals surface area contributed by atoms with Crippen LogP contribution in [-0.4, -0.2) is 211 Å². The van der Waals surface area contributed by atoms with Gasteiger partial charge in [0.05, 0.1) is 76.5 Å². The highest BCUT2D eigenvalue weighted by Gasteiger charge is 2.48. The van der Waals surface area contributed by atoms with Crippen LogP contribution in [0.1, 0.15) is 176 Å². The van der Waals surface area contributed by atoms with E-state index in [1.165, 1.54) is 32.3 Å². The summed E-state index contributed by atoms with van der Waals surface area (Å²) < 4.78 is 0.592. The van der Waals surface area contributed by atoms with Crippen LogP contribution in [-0.2, 0) is 47.9 Å². The van der Waals surface area contributed by atoms with E-state index >= 15 is 0 Å². The number of nitrogens with one attached hydrogen (secondary N) is 8. The van der Waals surface area contributed by atoms with Gasteiger partial charge in [-0.1, -0.05) is 83.9 Å². The van der Waals surface area contributed by atoms with Gasteiger partial charge in [-0.25, -0.2) is 0 Å². The zero-order valence-electron chi connectivity index (χ0n) is 55.2. The van der Waals surface area contributed by atoms with Crippen molar-refractivity contribution in [3.63, 3.8) is 0 Å². The molecule has 1 saturated heterocycles. The summed E-state index contributed by atoms with van der Waals surface area (Å²) in [6, 6.07) is -7.94. The summed E-state index contributed by atoms with van der Waals surface area (Å²) in [5.74, 6) is -11.9. The number of hydrogen-bond acceptors (Lipinski definition) is 18. The van der Waals surface area contributed by atoms with Gasteiger partial charge in [0.2, 0.25) is 53.2 Å². The zero-order valence-corrected chi connectivity index (χ0v) is 56.0. The number of aliphatic hydroxyl groups excluding tert-OH is 7. The van der Waals surface area contributed by atoms with Gasteiger partial charge in [-0.3, -0.25) is 47.9 Å². The summed E-state index contributed by atoms with van der Waals surface area (Å²) in [6.45, 7) is 8.00. The van der Waals surface area contributed by atoms with Crippen LogP contribution in [0, 0.1) is 11.8 Å². The first-order chi connectivity index (χ1) is 43.2. The maximum Gasteiger partial charge on any atom is 0.268 e. The van der Waals surface area contributed by atoms with Crippen molar-refractivity contribution in [1.29, 1.82) is 0 Å². The predicted octanol–water partition coefficient (Wildman–Crippen LogP) is -0.713. The lowest BCUT2D eigenvalue weighted by atomic mass is 9.89. The Labute approximate surface area is 546 Å². The normalized spacial score (nSPS) is 23.6. The lowest BCUT2D eigenvalue weighted by Gasteiger charge is -2.38. The molecule has 524 valence electrons. The molecule has 10 unspecified atom stereocenters. The zero-order chi connectivity index (χ0) is 69.3. The van der Waals surface area contributed by atoms with Crippen LogP contribution in [0.2, 0.25) is 0 Å². The van der Waals surface area contributed by atoms with Crippen LogP contribution in [0.3, 0.4) is 0 Å². The maximum atomic E-state index is 14.9. The number of aliphatic hydroxyl groups is 7. The molecule has 2 rings (SSSR count). The minimum atomic E-state index is -2.31. The van der Waals surface area contributed by atoms with Crippen LogP contribution < -0.4 is 54.0 Å². The lowest BCUT2D eigenvalue weighted by Crippen LogP contribution is -2.68. The van der Waals surface area contributed by atoms with E-state index in [2.05, 4.69) is 54.7 Å². The SMILES string of the molecule is C/C=C1/NC(=O)C(NC(=O)[C@H](C)NC(=O)C(C)C(O)CCCCCCC/C=C\CCCCCCC(O)CC(O)CC(O)CC(O)CC(O)CCC(O)C[N+](C)(C)C)CC2(CS/C=C\NC(=O)[C@H](CC(N)=O)NC(=O)[C@H](CC(N)=O)NC2=O)NC(=O)[C@H](C(C)C)NC1=O. The first-order valence-corrected chi connectivity index (χ1v) is 33.4. The Kier molecular flexibility index (Phi) is 37.7. The average molecular weight is 1330 g/mol. The van der Waals surface area contributed by atoms with Crippen LogP contribution in [0.15, 0.2) is 35.5 Å². The predicted molar refractivity (Wildman–Crippen MR) is 346 cm³/mol. The monoisotopic (exact) mass is 1320 g/mol. The number of likely N-dealkylation sites (N-methyl/N-ethyl adjacent to an activating group) is 1. The second kappa shape index (κ2) is 42.3. The van der Waals surface area contributed by atoms with E-state index in [9.17, 15) is 83.7 Å². The number of hydrogen-bond donors (Lipinski definition) is 17. The number of allylic oxidation sites excluding steroid dienone is 3. The highest BCUT2D eigenvalue weighted by molar-refractivity contribution is 8.02. The molecule has 92 heavy (non-hydrogen) atoms. The molecule has 28 nitrogen and oxygen atoms in total. The molecule has 1 spiro atoms. The smallest absolute Gasteiger partial charge is 0.268 e. The van der Waals surface area contributed by atoms with E-state index in [1.54, 1.807) is 13.8 Å². The third kappa shape index (κ3) is 32.7. The summed E-state index contributed by atoms with van der Waals surface area (Å²) in [5.41, 5.74) is 8.18. The van der Waals surface area contributed by atoms with Crippen LogP contribution >= 0.6 is 11.8 Å². The minimum Gasteiger partial charge on any atom is -0.393 e. The number of quaternary nitrogens is 1. The Morgan fingerprint density at radius 2 is 1.15 bits per heavy atom. The van der Waals surface area contributed by atoms with Crippen molar-refractivity contribution in [2.45, 2.75) is 254 Å². The van der Waals surface area contributed by atoms with Crippen molar-refractivity contribution in [3.8, 4) is 0 Å². The van der Waals surface area contributed by atoms with Crippen molar-refractivity contribution >= 4 is 70.8 Å². The molecule has 0 aromatic rings. The van der Waals surface area contributed by atoms with Gasteiger partial charge < -0.3 is 94.2 Å². The molecular weight excluding hydrogens is 1210 g/mol. The molecule has 29 heteroatoms. The molecule has 19 N–H and O–H groups in total. The Morgan fingerprint density at radius 3 is 1.70 bits per heavy atom. The summed E-state index contributed by atoms with van der Waals surface area (Å²) in [7, 11) is 5.90. The van der Waals surface area contributed by atoms with Crippen molar-refractivity contribution in [2.24, 2.45) is 23.3 Å². The Hall–Kier alpha value is -6.05. The Balaban J connectivity index is 1.92. The Morgan fingerprint density at radius 1 is 0.641 bits per heavy atom. The number of amides is 10. The van der Waals surface area contributed by atoms with Gasteiger partial charge in [0.25, 0.3) is 5.91 Å². The third-order valence-electron chi connectivity index (χ3n) is 16.0. The summed E-state index contributed by atoms with van der Waals surface area (Å²) >= 11 is 0.822. The van der Waals surface area contributed by atoms with Gasteiger partial charge in [-0.05, 0) is 102 Å². The minimum absolute atomic E-state index is 0.00647. The number of nitrogens with zero attached hydrogens (tertiary/aromatic N) is 1. The van der Waals surface area contributed by atoms with Gasteiger partial charge in [-0.2, -0.15) is 0 Å². The molecule has 0 aliphatic carbocycles. The number of carbonyl (C=O) groups is 10. The summed E-state index contributed by atoms with van der Waals surface area (Å²) in [6.07, 6.45) is 9.98. The fraction of sp³-hybridized carbons (Fsp3) is 0.746. The number of rotatable bonds is 38. The lowest BCUT2D eigenvalue weighted by molar-refractivity contribution is -0.873. The van der Waals surface area contributed by atoms with Crippen molar-refractivity contribution in [2.75, 3.05) is 33.4 Å². The van der Waals surface area contributed by atoms with E-state index in [0.29, 0.717) is 43.1 Å². The largest absolute Gasteiger partial charge is 0.393 e. The molecular formula is C63H110N11O17S+. The molecule has 0 aromatic carbocycles. The van der Waals surface area contributed by atoms with Gasteiger partial charge in [-0.15, -0.1) is 11.8 Å². The van der Waals surface area contributed by atoms with Crippen LogP contribution in [0.5, 0.6) is 0 Å². The fourth-order valence-electron chi connectivity index (χ4n) is 10.7. The molecule has 1 fully saturated rings. The van der Waals surface area contributed by atoms with Crippen LogP contribution in [0.25, 0.3) is 0 Å². The molecule has 2 aliphatic heterocycles. The number of thioether (sulfide) groups is 1. The molecule has 14 atom stereocenters. The van der Waals surface area contributed by atoms with Gasteiger partial charge in [0.15, 0.2) is 0 Å². The number of carbonyl (C=O) groups excluding carboxylic acids is 10. The van der Waals surface area contributed by atoms with E-state index < -0.39 is 174 Å². The molecule has 2 aliphatic rings. The van der Waals surface area contributed by atoms with Crippen molar-refractivity contribution in [3.05, 3.63) is 35.5 Å². The fourth-order valence-corrected chi connectivity index (χ4v) is 11.6. The Bertz CT molecular complexity index is 2480. The van der Waals surface area contributed by atoms with Gasteiger partial charge in [0.1, 0.15) is 54.1 Å². The maximum absolute atomic E-state index is 14.9. The molecule has 0 bridgehead atoms. The molecule has 0 aromatic heterocycles. The first-order valence-electron chi connectivity index (χ1n) is 32.3. The van der Waals surface area contributed by atoms with E-state index in [-0.39, 0.29) is 31.4 Å². The van der Waals surface area contributed by atoms with E-state index in [4.69, 9.17) is 11.5 Å². The third-order valence-corrected chi connectivity index (χ3v) is 17.0. The summed E-state index contributed by atoms with van der Waals surface area (Å²) in [5, 5.41) is 94.3. The first kappa shape index (κ1) is 82.0. The quantitative estimate of drug-likeness (QED) is 0.0157. The van der Waals surface area contributed by atoms with E-state index in [1.807, 2.05) is 21.1 Å². The molecule has 10 amide bonds. The number of unbranched alkanes of at least 4 members (excludes halogenated alkanes) is 9. The molecule has 0 radical (unpaired) electrons. The average Bonchev–Trinajstić information content (AvgIpc) is 1.22. The van der Waals surface area contributed by atoms with Crippen LogP contribution in [0.4, 0.5) is 0 Å². The number of primary amides is 2. The van der Waals surface area contributed by atoms with Crippen molar-refractivity contribution in [1.82, 2.24) is 42.5 Å². The van der Waals surface area contributed by atoms with Crippen molar-refractivity contribution < 1.29 is 88.2 Å². The topological polar surface area (TPSA) is 461 Å². The molecule has 2 heterocycles. The second-order valence-electron chi connectivity index (χ2n) is 26.1. The van der Waals surface area contributed by atoms with Gasteiger partial charge in [0, 0.05) is 18.4 Å². The number of nitrogens with two attached hydrogens (primary N) is 2. The highest BCUT2D eigenvalue weighted by Crippen LogP contribution is 2.26. The highest BCUT2D eigenvalue weighted by atomic mass is 32.2. The van der Waals surface area contributed by atoms with E-state index in [0.717, 1.165) is 82.2 Å². The summed E-state index contributed by atoms with van der Waals surface area (Å²) in [4.78, 5) is 136. The standard InChI is InChI=1S/C63H109N11O17S/c1-9-47-58(87)72-54(38(2)3)61(90)73-63(37-92-28-27-66-57(86)48(33-52(64)82)69-59(88)49(34-53(65)83)71-62(63)91)35-50(60(89)68-47)70-56(85)40(5)67-55(84)39(4)51(81)24-22-20-18-16-14-12-10-11-13-15-17-19-21-23-41(75)29-44(78)31-46(80)32-45(79)30-42(76)25-26-43(77)36-74(6,7)8/h9-11,27-28,38-46,48-51,54,75-81H,12-26,29-37H2,1-8H3,(H11-,64,65,66,67,68,69,70,71,72,73,82,83,84,85,86,87,88,89,90,91)/p+1/b11-10-,28-27-,47-9+/t39?,40-,41?,42?,43?,44?,45?,46?,48-,49-,50?,51?,54-,63?/m0/s1. The molecule has 0 saturated carbocycles.